The Morgan fingerprint density at radius 2 is 1.77 bits per heavy atom. The smallest absolute Gasteiger partial charge is 0.254 e. The van der Waals surface area contributed by atoms with Crippen molar-refractivity contribution < 1.29 is 9.90 Å². The summed E-state index contributed by atoms with van der Waals surface area (Å²) in [6, 6.07) is 11.5. The first-order chi connectivity index (χ1) is 10.8. The fourth-order valence-corrected chi connectivity index (χ4v) is 2.41. The summed E-state index contributed by atoms with van der Waals surface area (Å²) in [7, 11) is 0. The predicted molar refractivity (Wildman–Crippen MR) is 85.1 cm³/mol. The number of carbonyl (C=O) groups excluding carboxylic acids is 1. The molecule has 0 spiro atoms. The largest absolute Gasteiger partial charge is 0.395 e. The van der Waals surface area contributed by atoms with Crippen molar-refractivity contribution in [1.29, 1.82) is 0 Å². The number of aliphatic hydroxyl groups excluding tert-OH is 1. The molecule has 2 N–H and O–H groups in total. The average molecular weight is 297 g/mol. The van der Waals surface area contributed by atoms with Crippen LogP contribution >= 0.6 is 0 Å². The van der Waals surface area contributed by atoms with Crippen LogP contribution in [0.25, 0.3) is 0 Å². The molecule has 0 radical (unpaired) electrons. The third-order valence-electron chi connectivity index (χ3n) is 3.69. The molecule has 0 saturated heterocycles. The van der Waals surface area contributed by atoms with Crippen LogP contribution < -0.4 is 5.32 Å². The van der Waals surface area contributed by atoms with Crippen molar-refractivity contribution >= 4 is 17.3 Å². The van der Waals surface area contributed by atoms with E-state index in [9.17, 15) is 4.79 Å². The van der Waals surface area contributed by atoms with Crippen LogP contribution in [0.3, 0.4) is 0 Å². The van der Waals surface area contributed by atoms with Crippen molar-refractivity contribution in [2.75, 3.05) is 18.5 Å². The van der Waals surface area contributed by atoms with Crippen molar-refractivity contribution in [3.8, 4) is 0 Å². The van der Waals surface area contributed by atoms with Gasteiger partial charge in [0.2, 0.25) is 0 Å². The van der Waals surface area contributed by atoms with Gasteiger partial charge in [-0.05, 0) is 49.2 Å². The minimum Gasteiger partial charge on any atom is -0.395 e. The van der Waals surface area contributed by atoms with Gasteiger partial charge in [-0.1, -0.05) is 0 Å². The third-order valence-corrected chi connectivity index (χ3v) is 3.69. The maximum atomic E-state index is 12.5. The highest BCUT2D eigenvalue weighted by Crippen LogP contribution is 2.28. The number of pyridine rings is 1. The monoisotopic (exact) mass is 297 g/mol. The molecule has 5 nitrogen and oxygen atoms in total. The minimum absolute atomic E-state index is 0.00389. The molecule has 1 aliphatic carbocycles. The highest BCUT2D eigenvalue weighted by Gasteiger charge is 2.32. The van der Waals surface area contributed by atoms with E-state index in [0.717, 1.165) is 24.2 Å². The second-order valence-electron chi connectivity index (χ2n) is 5.39. The van der Waals surface area contributed by atoms with Crippen molar-refractivity contribution in [3.05, 3.63) is 54.4 Å². The predicted octanol–water partition coefficient (Wildman–Crippen LogP) is 2.42. The van der Waals surface area contributed by atoms with Gasteiger partial charge in [0.25, 0.3) is 5.91 Å². The maximum absolute atomic E-state index is 12.5. The van der Waals surface area contributed by atoms with E-state index in [0.29, 0.717) is 18.2 Å². The third kappa shape index (κ3) is 3.43. The molecule has 22 heavy (non-hydrogen) atoms. The topological polar surface area (TPSA) is 65.5 Å². The first kappa shape index (κ1) is 14.5. The fraction of sp³-hybridized carbons (Fsp3) is 0.294. The van der Waals surface area contributed by atoms with Crippen LogP contribution in [0.5, 0.6) is 0 Å². The lowest BCUT2D eigenvalue weighted by molar-refractivity contribution is 0.0707. The Hall–Kier alpha value is -2.40. The molecule has 2 aromatic rings. The summed E-state index contributed by atoms with van der Waals surface area (Å²) in [5, 5.41) is 12.4. The number of nitrogens with one attached hydrogen (secondary N) is 1. The molecule has 1 aromatic carbocycles. The molecule has 1 fully saturated rings. The van der Waals surface area contributed by atoms with E-state index in [1.54, 1.807) is 17.3 Å². The summed E-state index contributed by atoms with van der Waals surface area (Å²) < 4.78 is 0. The van der Waals surface area contributed by atoms with Gasteiger partial charge in [0.1, 0.15) is 0 Å². The zero-order chi connectivity index (χ0) is 15.4. The van der Waals surface area contributed by atoms with Crippen LogP contribution in [0, 0.1) is 0 Å². The van der Waals surface area contributed by atoms with Gasteiger partial charge in [-0.2, -0.15) is 0 Å². The van der Waals surface area contributed by atoms with E-state index in [4.69, 9.17) is 5.11 Å². The standard InChI is InChI=1S/C17H19N3O2/c21-12-11-20(16-5-6-16)17(22)13-1-3-14(4-2-13)19-15-7-9-18-10-8-15/h1-4,7-10,16,21H,5-6,11-12H2,(H,18,19). The fourth-order valence-electron chi connectivity index (χ4n) is 2.41. The lowest BCUT2D eigenvalue weighted by atomic mass is 10.1. The molecule has 3 rings (SSSR count). The van der Waals surface area contributed by atoms with Gasteiger partial charge in [-0.15, -0.1) is 0 Å². The SMILES string of the molecule is O=C(c1ccc(Nc2ccncc2)cc1)N(CCO)C1CC1. The number of nitrogens with zero attached hydrogens (tertiary/aromatic N) is 2. The van der Waals surface area contributed by atoms with Gasteiger partial charge in [-0.3, -0.25) is 9.78 Å². The Labute approximate surface area is 129 Å². The maximum Gasteiger partial charge on any atom is 0.254 e. The van der Waals surface area contributed by atoms with E-state index >= 15 is 0 Å². The summed E-state index contributed by atoms with van der Waals surface area (Å²) >= 11 is 0. The molecule has 1 saturated carbocycles. The lowest BCUT2D eigenvalue weighted by Crippen LogP contribution is -2.35. The van der Waals surface area contributed by atoms with E-state index < -0.39 is 0 Å². The number of hydrogen-bond acceptors (Lipinski definition) is 4. The lowest BCUT2D eigenvalue weighted by Gasteiger charge is -2.21. The zero-order valence-electron chi connectivity index (χ0n) is 12.3. The Morgan fingerprint density at radius 1 is 1.14 bits per heavy atom. The van der Waals surface area contributed by atoms with Crippen LogP contribution in [-0.2, 0) is 0 Å². The highest BCUT2D eigenvalue weighted by molar-refractivity contribution is 5.95. The van der Waals surface area contributed by atoms with Gasteiger partial charge < -0.3 is 15.3 Å². The summed E-state index contributed by atoms with van der Waals surface area (Å²) in [6.45, 7) is 0.407. The van der Waals surface area contributed by atoms with Crippen LogP contribution in [0.15, 0.2) is 48.8 Å². The Kier molecular flexibility index (Phi) is 4.34. The second-order valence-corrected chi connectivity index (χ2v) is 5.39. The quantitative estimate of drug-likeness (QED) is 0.859. The van der Waals surface area contributed by atoms with Crippen molar-refractivity contribution in [3.63, 3.8) is 0 Å². The molecule has 1 aromatic heterocycles. The van der Waals surface area contributed by atoms with E-state index in [1.807, 2.05) is 36.4 Å². The number of aliphatic hydroxyl groups is 1. The molecule has 0 aliphatic heterocycles. The summed E-state index contributed by atoms with van der Waals surface area (Å²) in [4.78, 5) is 18.2. The van der Waals surface area contributed by atoms with Gasteiger partial charge in [0.15, 0.2) is 0 Å². The van der Waals surface area contributed by atoms with Crippen LogP contribution in [0.4, 0.5) is 11.4 Å². The first-order valence-corrected chi connectivity index (χ1v) is 7.47. The van der Waals surface area contributed by atoms with Gasteiger partial charge in [0, 0.05) is 41.9 Å². The Morgan fingerprint density at radius 3 is 2.36 bits per heavy atom. The van der Waals surface area contributed by atoms with Crippen molar-refractivity contribution in [2.45, 2.75) is 18.9 Å². The molecule has 1 amide bonds. The summed E-state index contributed by atoms with van der Waals surface area (Å²) in [5.74, 6) is -0.00740. The van der Waals surface area contributed by atoms with E-state index in [1.165, 1.54) is 0 Å². The number of aromatic nitrogens is 1. The molecule has 1 aliphatic rings. The number of amides is 1. The number of hydrogen-bond donors (Lipinski definition) is 2. The Balaban J connectivity index is 1.69. The first-order valence-electron chi connectivity index (χ1n) is 7.47. The number of carbonyl (C=O) groups is 1. The molecular formula is C17H19N3O2. The van der Waals surface area contributed by atoms with Gasteiger partial charge in [0.05, 0.1) is 6.61 Å². The van der Waals surface area contributed by atoms with Crippen LogP contribution in [-0.4, -0.2) is 40.1 Å². The average Bonchev–Trinajstić information content (AvgIpc) is 3.38. The van der Waals surface area contributed by atoms with Gasteiger partial charge >= 0.3 is 0 Å². The molecule has 0 bridgehead atoms. The van der Waals surface area contributed by atoms with E-state index in [2.05, 4.69) is 10.3 Å². The Bertz CT molecular complexity index is 624. The number of rotatable bonds is 6. The molecular weight excluding hydrogens is 278 g/mol. The van der Waals surface area contributed by atoms with Crippen LogP contribution in [0.2, 0.25) is 0 Å². The summed E-state index contributed by atoms with van der Waals surface area (Å²) in [5.41, 5.74) is 2.53. The molecule has 0 unspecified atom stereocenters. The zero-order valence-corrected chi connectivity index (χ0v) is 12.3. The number of benzene rings is 1. The summed E-state index contributed by atoms with van der Waals surface area (Å²) in [6.07, 6.45) is 5.52. The molecule has 1 heterocycles. The van der Waals surface area contributed by atoms with Crippen LogP contribution in [0.1, 0.15) is 23.2 Å². The highest BCUT2D eigenvalue weighted by atomic mass is 16.3. The molecule has 0 atom stereocenters. The van der Waals surface area contributed by atoms with E-state index in [-0.39, 0.29) is 12.5 Å². The molecule has 114 valence electrons. The van der Waals surface area contributed by atoms with Crippen molar-refractivity contribution in [1.82, 2.24) is 9.88 Å². The number of anilines is 2. The normalized spacial score (nSPS) is 13.7. The van der Waals surface area contributed by atoms with Crippen molar-refractivity contribution in [2.24, 2.45) is 0 Å². The minimum atomic E-state index is -0.00740. The second kappa shape index (κ2) is 6.58. The molecule has 5 heteroatoms. The van der Waals surface area contributed by atoms with Gasteiger partial charge in [-0.25, -0.2) is 0 Å².